The molecule has 23 heavy (non-hydrogen) atoms. The van der Waals surface area contributed by atoms with Crippen LogP contribution in [0, 0.1) is 6.92 Å². The molecule has 1 saturated heterocycles. The Hall–Kier alpha value is -1.64. The van der Waals surface area contributed by atoms with Crippen molar-refractivity contribution in [1.82, 2.24) is 14.5 Å². The Balaban J connectivity index is 1.63. The number of halogens is 1. The van der Waals surface area contributed by atoms with Gasteiger partial charge in [-0.1, -0.05) is 28.8 Å². The SMILES string of the molecule is Cc1nnc(N2CCN(S(=O)(=O)Cc3ccc(Cl)cc3)CC2)o1. The molecule has 3 rings (SSSR count). The van der Waals surface area contributed by atoms with Crippen molar-refractivity contribution < 1.29 is 12.8 Å². The lowest BCUT2D eigenvalue weighted by Crippen LogP contribution is -2.49. The highest BCUT2D eigenvalue weighted by atomic mass is 35.5. The van der Waals surface area contributed by atoms with Gasteiger partial charge in [-0.3, -0.25) is 0 Å². The molecule has 0 amide bonds. The zero-order valence-corrected chi connectivity index (χ0v) is 14.2. The smallest absolute Gasteiger partial charge is 0.318 e. The van der Waals surface area contributed by atoms with E-state index < -0.39 is 10.0 Å². The number of sulfonamides is 1. The molecule has 0 aliphatic carbocycles. The number of hydrogen-bond acceptors (Lipinski definition) is 6. The molecule has 2 heterocycles. The van der Waals surface area contributed by atoms with Crippen molar-refractivity contribution in [2.24, 2.45) is 0 Å². The largest absolute Gasteiger partial charge is 0.408 e. The number of aromatic nitrogens is 2. The summed E-state index contributed by atoms with van der Waals surface area (Å²) in [5.74, 6) is 0.474. The van der Waals surface area contributed by atoms with Crippen LogP contribution in [-0.2, 0) is 15.8 Å². The highest BCUT2D eigenvalue weighted by Gasteiger charge is 2.28. The molecule has 0 saturated carbocycles. The van der Waals surface area contributed by atoms with E-state index in [2.05, 4.69) is 10.2 Å². The average Bonchev–Trinajstić information content (AvgIpc) is 2.96. The number of piperazine rings is 1. The van der Waals surface area contributed by atoms with Crippen molar-refractivity contribution in [2.45, 2.75) is 12.7 Å². The van der Waals surface area contributed by atoms with Crippen molar-refractivity contribution in [3.05, 3.63) is 40.7 Å². The maximum atomic E-state index is 12.5. The van der Waals surface area contributed by atoms with Crippen molar-refractivity contribution in [3.63, 3.8) is 0 Å². The summed E-state index contributed by atoms with van der Waals surface area (Å²) in [6.07, 6.45) is 0. The average molecular weight is 357 g/mol. The van der Waals surface area contributed by atoms with Crippen LogP contribution in [0.1, 0.15) is 11.5 Å². The molecular formula is C14H17ClN4O3S. The first-order chi connectivity index (χ1) is 10.9. The maximum Gasteiger partial charge on any atom is 0.318 e. The minimum absolute atomic E-state index is 0.0240. The Morgan fingerprint density at radius 3 is 2.35 bits per heavy atom. The van der Waals surface area contributed by atoms with E-state index in [0.717, 1.165) is 5.56 Å². The molecular weight excluding hydrogens is 340 g/mol. The third kappa shape index (κ3) is 3.82. The van der Waals surface area contributed by atoms with Crippen molar-refractivity contribution in [3.8, 4) is 0 Å². The summed E-state index contributed by atoms with van der Waals surface area (Å²) in [5.41, 5.74) is 0.726. The van der Waals surface area contributed by atoms with E-state index in [1.165, 1.54) is 4.31 Å². The molecule has 7 nitrogen and oxygen atoms in total. The van der Waals surface area contributed by atoms with Crippen LogP contribution in [0.25, 0.3) is 0 Å². The number of benzene rings is 1. The van der Waals surface area contributed by atoms with Gasteiger partial charge in [0.2, 0.25) is 15.9 Å². The molecule has 124 valence electrons. The van der Waals surface area contributed by atoms with E-state index in [1.54, 1.807) is 31.2 Å². The molecule has 0 radical (unpaired) electrons. The van der Waals surface area contributed by atoms with Gasteiger partial charge in [0.25, 0.3) is 0 Å². The summed E-state index contributed by atoms with van der Waals surface area (Å²) < 4.78 is 31.9. The van der Waals surface area contributed by atoms with Crippen LogP contribution in [0.3, 0.4) is 0 Å². The second kappa shape index (κ2) is 6.46. The van der Waals surface area contributed by atoms with E-state index >= 15 is 0 Å². The number of rotatable bonds is 4. The van der Waals surface area contributed by atoms with Gasteiger partial charge in [0.1, 0.15) is 0 Å². The second-order valence-corrected chi connectivity index (χ2v) is 7.78. The Bertz CT molecular complexity index is 768. The lowest BCUT2D eigenvalue weighted by atomic mass is 10.2. The summed E-state index contributed by atoms with van der Waals surface area (Å²) in [7, 11) is -3.35. The maximum absolute atomic E-state index is 12.5. The summed E-state index contributed by atoms with van der Waals surface area (Å²) in [6.45, 7) is 3.58. The lowest BCUT2D eigenvalue weighted by Gasteiger charge is -2.32. The van der Waals surface area contributed by atoms with Crippen LogP contribution in [0.15, 0.2) is 28.7 Å². The quantitative estimate of drug-likeness (QED) is 0.829. The van der Waals surface area contributed by atoms with Gasteiger partial charge in [0, 0.05) is 38.1 Å². The molecule has 1 aliphatic heterocycles. The molecule has 0 unspecified atom stereocenters. The van der Waals surface area contributed by atoms with E-state index in [9.17, 15) is 8.42 Å². The molecule has 2 aromatic rings. The molecule has 1 aromatic heterocycles. The van der Waals surface area contributed by atoms with Crippen LogP contribution in [0.5, 0.6) is 0 Å². The van der Waals surface area contributed by atoms with Crippen molar-refractivity contribution in [2.75, 3.05) is 31.1 Å². The molecule has 0 spiro atoms. The summed E-state index contributed by atoms with van der Waals surface area (Å²) in [6, 6.07) is 7.30. The normalized spacial score (nSPS) is 16.7. The molecule has 1 fully saturated rings. The molecule has 0 atom stereocenters. The summed E-state index contributed by atoms with van der Waals surface area (Å²) in [4.78, 5) is 1.90. The van der Waals surface area contributed by atoms with Gasteiger partial charge in [-0.05, 0) is 17.7 Å². The van der Waals surface area contributed by atoms with Crippen LogP contribution < -0.4 is 4.90 Å². The van der Waals surface area contributed by atoms with Gasteiger partial charge in [-0.2, -0.15) is 4.31 Å². The zero-order chi connectivity index (χ0) is 16.4. The highest BCUT2D eigenvalue weighted by molar-refractivity contribution is 7.88. The number of nitrogens with zero attached hydrogens (tertiary/aromatic N) is 4. The van der Waals surface area contributed by atoms with Crippen LogP contribution in [0.2, 0.25) is 5.02 Å². The first-order valence-electron chi connectivity index (χ1n) is 7.21. The Kier molecular flexibility index (Phi) is 4.56. The molecule has 0 N–H and O–H groups in total. The Morgan fingerprint density at radius 2 is 1.78 bits per heavy atom. The van der Waals surface area contributed by atoms with Gasteiger partial charge < -0.3 is 9.32 Å². The number of aryl methyl sites for hydroxylation is 1. The second-order valence-electron chi connectivity index (χ2n) is 5.37. The van der Waals surface area contributed by atoms with Crippen molar-refractivity contribution in [1.29, 1.82) is 0 Å². The fourth-order valence-electron chi connectivity index (χ4n) is 2.45. The number of hydrogen-bond donors (Lipinski definition) is 0. The Labute approximate surface area is 139 Å². The Morgan fingerprint density at radius 1 is 1.13 bits per heavy atom. The van der Waals surface area contributed by atoms with E-state index in [1.807, 2.05) is 4.90 Å². The van der Waals surface area contributed by atoms with Crippen LogP contribution >= 0.6 is 11.6 Å². The molecule has 0 bridgehead atoms. The number of anilines is 1. The fourth-order valence-corrected chi connectivity index (χ4v) is 4.10. The van der Waals surface area contributed by atoms with Crippen LogP contribution in [-0.4, -0.2) is 49.1 Å². The van der Waals surface area contributed by atoms with Gasteiger partial charge in [-0.25, -0.2) is 8.42 Å². The molecule has 1 aromatic carbocycles. The third-order valence-corrected chi connectivity index (χ3v) is 5.78. The van der Waals surface area contributed by atoms with E-state index in [4.69, 9.17) is 16.0 Å². The van der Waals surface area contributed by atoms with E-state index in [0.29, 0.717) is 43.1 Å². The predicted octanol–water partition coefficient (Wildman–Crippen LogP) is 1.68. The zero-order valence-electron chi connectivity index (χ0n) is 12.6. The van der Waals surface area contributed by atoms with Gasteiger partial charge >= 0.3 is 6.01 Å². The van der Waals surface area contributed by atoms with Gasteiger partial charge in [0.15, 0.2) is 0 Å². The monoisotopic (exact) mass is 356 g/mol. The third-order valence-electron chi connectivity index (χ3n) is 3.68. The summed E-state index contributed by atoms with van der Waals surface area (Å²) >= 11 is 5.82. The fraction of sp³-hybridized carbons (Fsp3) is 0.429. The topological polar surface area (TPSA) is 79.5 Å². The lowest BCUT2D eigenvalue weighted by molar-refractivity contribution is 0.369. The standard InChI is InChI=1S/C14H17ClN4O3S/c1-11-16-17-14(22-11)18-6-8-19(9-7-18)23(20,21)10-12-2-4-13(15)5-3-12/h2-5H,6-10H2,1H3. The predicted molar refractivity (Wildman–Crippen MR) is 86.9 cm³/mol. The minimum atomic E-state index is -3.35. The first kappa shape index (κ1) is 16.2. The molecule has 9 heteroatoms. The van der Waals surface area contributed by atoms with Gasteiger partial charge in [-0.15, -0.1) is 5.10 Å². The van der Waals surface area contributed by atoms with Crippen molar-refractivity contribution >= 4 is 27.6 Å². The summed E-state index contributed by atoms with van der Waals surface area (Å²) in [5, 5.41) is 8.35. The highest BCUT2D eigenvalue weighted by Crippen LogP contribution is 2.19. The molecule has 1 aliphatic rings. The van der Waals surface area contributed by atoms with Crippen LogP contribution in [0.4, 0.5) is 6.01 Å². The minimum Gasteiger partial charge on any atom is -0.408 e. The first-order valence-corrected chi connectivity index (χ1v) is 9.20. The van der Waals surface area contributed by atoms with E-state index in [-0.39, 0.29) is 5.75 Å². The van der Waals surface area contributed by atoms with Gasteiger partial charge in [0.05, 0.1) is 5.75 Å².